The highest BCUT2D eigenvalue weighted by Gasteiger charge is 2.26. The number of nitrogens with zero attached hydrogens (tertiary/aromatic N) is 2. The number of thiophene rings is 1. The molecule has 7 heteroatoms. The smallest absolute Gasteiger partial charge is 0.349 e. The molecule has 28 heavy (non-hydrogen) atoms. The van der Waals surface area contributed by atoms with Crippen molar-refractivity contribution in [3.05, 3.63) is 62.0 Å². The van der Waals surface area contributed by atoms with Crippen LogP contribution >= 0.6 is 11.3 Å². The number of fused-ring (bicyclic) bond motifs is 2. The minimum atomic E-state index is -0.918. The summed E-state index contributed by atoms with van der Waals surface area (Å²) in [5, 5.41) is 0.472. The monoisotopic (exact) mass is 396 g/mol. The Morgan fingerprint density at radius 2 is 1.93 bits per heavy atom. The molecule has 6 nitrogen and oxygen atoms in total. The number of Topliss-reactive ketones (excluding diaryl/α,β-unsaturated/α-hetero) is 1. The number of aryl methyl sites for hydroxylation is 3. The second-order valence-electron chi connectivity index (χ2n) is 7.10. The predicted molar refractivity (Wildman–Crippen MR) is 107 cm³/mol. The van der Waals surface area contributed by atoms with Crippen LogP contribution in [0.4, 0.5) is 0 Å². The first kappa shape index (κ1) is 18.6. The highest BCUT2D eigenvalue weighted by atomic mass is 32.1. The summed E-state index contributed by atoms with van der Waals surface area (Å²) in [6, 6.07) is 7.13. The fraction of sp³-hybridized carbons (Fsp3) is 0.333. The topological polar surface area (TPSA) is 78.3 Å². The first-order valence-electron chi connectivity index (χ1n) is 9.21. The van der Waals surface area contributed by atoms with Gasteiger partial charge in [0.15, 0.2) is 6.10 Å². The van der Waals surface area contributed by atoms with Gasteiger partial charge in [-0.15, -0.1) is 11.3 Å². The standard InChI is InChI=1S/C21H20N2O4S/c1-11-6-8-14(9-7-11)17(24)13(3)27-21(26)18-12(2)16-19(28-18)22-15-5-4-10-23(15)20(16)25/h6-9,13H,4-5,10H2,1-3H3/t13-/m0/s1. The molecule has 3 aromatic rings. The van der Waals surface area contributed by atoms with Crippen LogP contribution in [-0.2, 0) is 17.7 Å². The molecule has 0 bridgehead atoms. The molecule has 4 rings (SSSR count). The third kappa shape index (κ3) is 3.05. The van der Waals surface area contributed by atoms with Gasteiger partial charge in [-0.1, -0.05) is 29.8 Å². The van der Waals surface area contributed by atoms with Crippen LogP contribution in [0.3, 0.4) is 0 Å². The summed E-state index contributed by atoms with van der Waals surface area (Å²) < 4.78 is 7.10. The van der Waals surface area contributed by atoms with Crippen molar-refractivity contribution in [1.29, 1.82) is 0 Å². The fourth-order valence-electron chi connectivity index (χ4n) is 3.49. The SMILES string of the molecule is Cc1ccc(C(=O)[C@H](C)OC(=O)c2sc3nc4n(c(=O)c3c2C)CCC4)cc1. The van der Waals surface area contributed by atoms with E-state index in [0.29, 0.717) is 32.8 Å². The van der Waals surface area contributed by atoms with Gasteiger partial charge in [-0.3, -0.25) is 14.2 Å². The molecule has 1 aliphatic rings. The Morgan fingerprint density at radius 1 is 1.21 bits per heavy atom. The molecule has 0 fully saturated rings. The fourth-order valence-corrected chi connectivity index (χ4v) is 4.56. The van der Waals surface area contributed by atoms with E-state index in [1.165, 1.54) is 0 Å². The van der Waals surface area contributed by atoms with Crippen molar-refractivity contribution in [1.82, 2.24) is 9.55 Å². The van der Waals surface area contributed by atoms with Gasteiger partial charge >= 0.3 is 5.97 Å². The minimum Gasteiger partial charge on any atom is -0.450 e. The number of benzene rings is 1. The molecule has 0 amide bonds. The van der Waals surface area contributed by atoms with Crippen LogP contribution in [0.1, 0.15) is 50.3 Å². The molecule has 3 heterocycles. The van der Waals surface area contributed by atoms with Crippen molar-refractivity contribution in [2.24, 2.45) is 0 Å². The highest BCUT2D eigenvalue weighted by molar-refractivity contribution is 7.20. The lowest BCUT2D eigenvalue weighted by atomic mass is 10.1. The normalized spacial score (nSPS) is 14.1. The average Bonchev–Trinajstić information content (AvgIpc) is 3.27. The molecular weight excluding hydrogens is 376 g/mol. The lowest BCUT2D eigenvalue weighted by Crippen LogP contribution is -2.24. The van der Waals surface area contributed by atoms with Crippen molar-refractivity contribution in [3.8, 4) is 0 Å². The number of rotatable bonds is 4. The van der Waals surface area contributed by atoms with Gasteiger partial charge in [0.2, 0.25) is 5.78 Å². The molecule has 1 atom stereocenters. The summed E-state index contributed by atoms with van der Waals surface area (Å²) in [6.45, 7) is 5.89. The number of hydrogen-bond acceptors (Lipinski definition) is 6. The van der Waals surface area contributed by atoms with Crippen LogP contribution in [0.5, 0.6) is 0 Å². The van der Waals surface area contributed by atoms with Crippen LogP contribution in [0.15, 0.2) is 29.1 Å². The Morgan fingerprint density at radius 3 is 2.64 bits per heavy atom. The second-order valence-corrected chi connectivity index (χ2v) is 8.10. The number of ether oxygens (including phenoxy) is 1. The molecular formula is C21H20N2O4S. The maximum atomic E-state index is 12.7. The number of esters is 1. The molecule has 0 saturated heterocycles. The molecule has 0 spiro atoms. The average molecular weight is 396 g/mol. The summed E-state index contributed by atoms with van der Waals surface area (Å²) in [5.74, 6) is -0.0936. The van der Waals surface area contributed by atoms with E-state index in [-0.39, 0.29) is 11.3 Å². The Hall–Kier alpha value is -2.80. The molecule has 0 radical (unpaired) electrons. The first-order valence-corrected chi connectivity index (χ1v) is 10.0. The van der Waals surface area contributed by atoms with Crippen molar-refractivity contribution in [2.75, 3.05) is 0 Å². The lowest BCUT2D eigenvalue weighted by Gasteiger charge is -2.12. The number of hydrogen-bond donors (Lipinski definition) is 0. The van der Waals surface area contributed by atoms with E-state index in [2.05, 4.69) is 4.98 Å². The summed E-state index contributed by atoms with van der Waals surface area (Å²) in [4.78, 5) is 43.4. The zero-order valence-corrected chi connectivity index (χ0v) is 16.8. The number of carbonyl (C=O) groups is 2. The number of carbonyl (C=O) groups excluding carboxylic acids is 2. The van der Waals surface area contributed by atoms with Crippen LogP contribution in [0.25, 0.3) is 10.2 Å². The van der Waals surface area contributed by atoms with Gasteiger partial charge in [0.25, 0.3) is 5.56 Å². The quantitative estimate of drug-likeness (QED) is 0.499. The van der Waals surface area contributed by atoms with Crippen LogP contribution in [-0.4, -0.2) is 27.4 Å². The summed E-state index contributed by atoms with van der Waals surface area (Å²) >= 11 is 1.15. The number of aromatic nitrogens is 2. The highest BCUT2D eigenvalue weighted by Crippen LogP contribution is 2.29. The molecule has 0 N–H and O–H groups in total. The van der Waals surface area contributed by atoms with Gasteiger partial charge in [-0.25, -0.2) is 9.78 Å². The summed E-state index contributed by atoms with van der Waals surface area (Å²) in [7, 11) is 0. The summed E-state index contributed by atoms with van der Waals surface area (Å²) in [6.07, 6.45) is 0.759. The van der Waals surface area contributed by atoms with E-state index in [9.17, 15) is 14.4 Å². The third-order valence-electron chi connectivity index (χ3n) is 5.09. The Labute approximate surface area is 165 Å². The third-order valence-corrected chi connectivity index (χ3v) is 6.25. The van der Waals surface area contributed by atoms with E-state index < -0.39 is 12.1 Å². The molecule has 1 aliphatic heterocycles. The predicted octanol–water partition coefficient (Wildman–Crippen LogP) is 3.45. The van der Waals surface area contributed by atoms with Gasteiger partial charge in [-0.2, -0.15) is 0 Å². The van der Waals surface area contributed by atoms with E-state index in [1.54, 1.807) is 30.5 Å². The van der Waals surface area contributed by atoms with Crippen molar-refractivity contribution >= 4 is 33.3 Å². The van der Waals surface area contributed by atoms with Crippen molar-refractivity contribution in [2.45, 2.75) is 46.3 Å². The second kappa shape index (κ2) is 6.98. The molecule has 2 aromatic heterocycles. The van der Waals surface area contributed by atoms with Crippen LogP contribution in [0.2, 0.25) is 0 Å². The van der Waals surface area contributed by atoms with Crippen molar-refractivity contribution < 1.29 is 14.3 Å². The van der Waals surface area contributed by atoms with Crippen LogP contribution < -0.4 is 5.56 Å². The van der Waals surface area contributed by atoms with E-state index in [1.807, 2.05) is 19.1 Å². The van der Waals surface area contributed by atoms with Gasteiger partial charge in [0, 0.05) is 18.5 Å². The van der Waals surface area contributed by atoms with Gasteiger partial charge < -0.3 is 4.74 Å². The molecule has 0 saturated carbocycles. The molecule has 0 unspecified atom stereocenters. The first-order chi connectivity index (χ1) is 13.4. The maximum Gasteiger partial charge on any atom is 0.349 e. The Kier molecular flexibility index (Phi) is 4.63. The summed E-state index contributed by atoms with van der Waals surface area (Å²) in [5.41, 5.74) is 2.01. The Balaban J connectivity index is 1.61. The van der Waals surface area contributed by atoms with E-state index >= 15 is 0 Å². The molecule has 0 aliphatic carbocycles. The number of ketones is 1. The maximum absolute atomic E-state index is 12.7. The van der Waals surface area contributed by atoms with Crippen molar-refractivity contribution in [3.63, 3.8) is 0 Å². The zero-order valence-electron chi connectivity index (χ0n) is 15.9. The molecule has 1 aromatic carbocycles. The van der Waals surface area contributed by atoms with Gasteiger partial charge in [-0.05, 0) is 32.8 Å². The van der Waals surface area contributed by atoms with Crippen LogP contribution in [0, 0.1) is 13.8 Å². The largest absolute Gasteiger partial charge is 0.450 e. The minimum absolute atomic E-state index is 0.103. The lowest BCUT2D eigenvalue weighted by molar-refractivity contribution is 0.0323. The zero-order chi connectivity index (χ0) is 20.0. The molecule has 144 valence electrons. The van der Waals surface area contributed by atoms with Gasteiger partial charge in [0.05, 0.1) is 5.39 Å². The Bertz CT molecular complexity index is 1160. The van der Waals surface area contributed by atoms with Gasteiger partial charge in [0.1, 0.15) is 15.5 Å². The van der Waals surface area contributed by atoms with E-state index in [0.717, 1.165) is 35.6 Å². The van der Waals surface area contributed by atoms with E-state index in [4.69, 9.17) is 4.74 Å².